The Balaban J connectivity index is 0.0000000934. The predicted octanol–water partition coefficient (Wildman–Crippen LogP) is 11.7. The third-order valence-electron chi connectivity index (χ3n) is 16.8. The van der Waals surface area contributed by atoms with Crippen molar-refractivity contribution in [3.8, 4) is 0 Å². The lowest BCUT2D eigenvalue weighted by molar-refractivity contribution is 0.585. The molecule has 13 heterocycles. The Morgan fingerprint density at radius 3 is 1.25 bits per heavy atom. The number of aryl methyl sites for hydroxylation is 1. The number of aromatic nitrogens is 9. The van der Waals surface area contributed by atoms with Crippen LogP contribution in [-0.2, 0) is 25.7 Å². The number of rotatable bonds is 3. The Morgan fingerprint density at radius 1 is 0.358 bits per heavy atom. The van der Waals surface area contributed by atoms with Gasteiger partial charge in [0.05, 0.1) is 24.8 Å². The molecule has 4 atom stereocenters. The van der Waals surface area contributed by atoms with Crippen LogP contribution in [0.1, 0.15) is 41.7 Å². The van der Waals surface area contributed by atoms with Crippen molar-refractivity contribution in [2.45, 2.75) is 77.2 Å². The highest BCUT2D eigenvalue weighted by Gasteiger charge is 2.47. The highest BCUT2D eigenvalue weighted by molar-refractivity contribution is 5.91. The van der Waals surface area contributed by atoms with E-state index in [2.05, 4.69) is 233 Å². The van der Waals surface area contributed by atoms with Gasteiger partial charge in [0.2, 0.25) is 0 Å². The van der Waals surface area contributed by atoms with Gasteiger partial charge in [-0.15, -0.1) is 0 Å². The molecule has 81 heavy (non-hydrogen) atoms. The molecule has 4 unspecified atom stereocenters. The SMILES string of the molecule is CC(C)N1c2ncncc2N2c3ccccc3CC21.CN1c2ncncc2N2c3ccccc3CC12.Cc1ccccc1N1c2ncncc2N2c3ccccc3CC21.c1ccc(N2c3ncncc3N3c4ccccc4CC32)nc1. The van der Waals surface area contributed by atoms with Crippen LogP contribution in [0.5, 0.6) is 0 Å². The molecule has 398 valence electrons. The summed E-state index contributed by atoms with van der Waals surface area (Å²) in [5.41, 5.74) is 17.5. The van der Waals surface area contributed by atoms with Gasteiger partial charge in [0.25, 0.3) is 0 Å². The Hall–Kier alpha value is -10.0. The molecular formula is C64H57N17. The van der Waals surface area contributed by atoms with Gasteiger partial charge in [-0.3, -0.25) is 4.90 Å². The Morgan fingerprint density at radius 2 is 0.741 bits per heavy atom. The van der Waals surface area contributed by atoms with Gasteiger partial charge in [-0.25, -0.2) is 44.9 Å². The lowest BCUT2D eigenvalue weighted by atomic mass is 10.1. The van der Waals surface area contributed by atoms with Crippen LogP contribution in [0.3, 0.4) is 0 Å². The molecule has 0 saturated carbocycles. The molecule has 17 nitrogen and oxygen atoms in total. The summed E-state index contributed by atoms with van der Waals surface area (Å²) in [7, 11) is 2.10. The van der Waals surface area contributed by atoms with E-state index in [1.165, 1.54) is 56.3 Å². The molecule has 0 aliphatic carbocycles. The smallest absolute Gasteiger partial charge is 0.163 e. The number of fused-ring (bicyclic) bond motifs is 20. The van der Waals surface area contributed by atoms with Crippen LogP contribution in [0.2, 0.25) is 0 Å². The van der Waals surface area contributed by atoms with Crippen molar-refractivity contribution in [1.82, 2.24) is 44.9 Å². The Kier molecular flexibility index (Phi) is 11.5. The average Bonchev–Trinajstić information content (AvgIpc) is 4.55. The molecule has 17 heteroatoms. The van der Waals surface area contributed by atoms with Crippen molar-refractivity contribution in [2.24, 2.45) is 0 Å². The fraction of sp³-hybridized carbons (Fsp3) is 0.203. The highest BCUT2D eigenvalue weighted by atomic mass is 15.5. The van der Waals surface area contributed by atoms with Crippen LogP contribution < -0.4 is 39.2 Å². The molecular weight excluding hydrogens is 1010 g/mol. The van der Waals surface area contributed by atoms with Gasteiger partial charge in [-0.05, 0) is 91.1 Å². The summed E-state index contributed by atoms with van der Waals surface area (Å²) < 4.78 is 0. The van der Waals surface area contributed by atoms with Gasteiger partial charge in [0.15, 0.2) is 23.3 Å². The van der Waals surface area contributed by atoms with Gasteiger partial charge in [0, 0.05) is 73.4 Å². The molecule has 0 amide bonds. The van der Waals surface area contributed by atoms with E-state index in [0.29, 0.717) is 18.4 Å². The molecule has 0 spiro atoms. The summed E-state index contributed by atoms with van der Waals surface area (Å²) in [6.45, 7) is 6.59. The molecule has 0 radical (unpaired) electrons. The predicted molar refractivity (Wildman–Crippen MR) is 318 cm³/mol. The summed E-state index contributed by atoms with van der Waals surface area (Å²) in [5.74, 6) is 4.92. The third-order valence-corrected chi connectivity index (χ3v) is 16.8. The lowest BCUT2D eigenvalue weighted by Gasteiger charge is -2.30. The number of anilines is 14. The van der Waals surface area contributed by atoms with Gasteiger partial charge in [-0.2, -0.15) is 0 Å². The standard InChI is InChI=1S/C19H16N4.C17H13N5.C15H16N4.C13H12N4/c1-13-6-2-4-8-15(13)23-18-10-14-7-3-5-9-16(14)22(18)17-11-20-12-21-19(17)23;1-2-6-13-12(5-1)9-16-21(13)14-10-18-11-20-17(14)22(16)15-7-3-4-8-19-15;1-10(2)18-14-7-11-5-3-4-6-12(11)19(14)13-8-16-9-17-15(13)18;1-16-12-6-9-4-2-3-5-10(9)17(12)11-7-14-8-15-13(11)16/h2-9,11-12,18H,10H2,1H3;1-8,10-11,16H,9H2;3-6,8-10,14H,7H2,1-2H3;2-5,7-8,12H,6H2,1H3. The van der Waals surface area contributed by atoms with Crippen molar-refractivity contribution in [2.75, 3.05) is 46.2 Å². The van der Waals surface area contributed by atoms with Gasteiger partial charge in [-0.1, -0.05) is 97.1 Å². The highest BCUT2D eigenvalue weighted by Crippen LogP contribution is 2.54. The summed E-state index contributed by atoms with van der Waals surface area (Å²) >= 11 is 0. The summed E-state index contributed by atoms with van der Waals surface area (Å²) in [4.78, 5) is 57.9. The molecule has 10 aromatic rings. The topological polar surface area (TPSA) is 142 Å². The maximum absolute atomic E-state index is 4.59. The van der Waals surface area contributed by atoms with E-state index in [1.54, 1.807) is 25.3 Å². The molecule has 0 bridgehead atoms. The summed E-state index contributed by atoms with van der Waals surface area (Å²) in [5, 5.41) is 0. The van der Waals surface area contributed by atoms with E-state index < -0.39 is 0 Å². The largest absolute Gasteiger partial charge is 0.337 e. The molecule has 0 saturated heterocycles. The second-order valence-corrected chi connectivity index (χ2v) is 21.5. The fourth-order valence-corrected chi connectivity index (χ4v) is 13.4. The monoisotopic (exact) mass is 1060 g/mol. The van der Waals surface area contributed by atoms with Crippen LogP contribution in [0, 0.1) is 6.92 Å². The molecule has 8 aliphatic heterocycles. The zero-order valence-corrected chi connectivity index (χ0v) is 45.3. The minimum absolute atomic E-state index is 0.180. The van der Waals surface area contributed by atoms with Crippen LogP contribution >= 0.6 is 0 Å². The number of benzene rings is 5. The second kappa shape index (κ2) is 19.4. The Bertz CT molecular complexity index is 3990. The van der Waals surface area contributed by atoms with Crippen molar-refractivity contribution < 1.29 is 0 Å². The number of nitrogens with zero attached hydrogens (tertiary/aromatic N) is 17. The van der Waals surface area contributed by atoms with E-state index in [1.807, 2.05) is 49.2 Å². The quantitative estimate of drug-likeness (QED) is 0.165. The zero-order chi connectivity index (χ0) is 54.3. The first kappa shape index (κ1) is 48.1. The molecule has 8 aliphatic rings. The van der Waals surface area contributed by atoms with Crippen LogP contribution in [-0.4, -0.2) is 82.6 Å². The lowest BCUT2D eigenvalue weighted by Crippen LogP contribution is -2.43. The van der Waals surface area contributed by atoms with Gasteiger partial charge >= 0.3 is 0 Å². The minimum Gasteiger partial charge on any atom is -0.337 e. The number of hydrogen-bond acceptors (Lipinski definition) is 17. The van der Waals surface area contributed by atoms with Crippen LogP contribution in [0.25, 0.3) is 0 Å². The maximum Gasteiger partial charge on any atom is 0.163 e. The Labute approximate surface area is 470 Å². The van der Waals surface area contributed by atoms with Crippen LogP contribution in [0.4, 0.5) is 80.3 Å². The number of pyridine rings is 1. The first-order valence-corrected chi connectivity index (χ1v) is 27.7. The molecule has 5 aromatic carbocycles. The molecule has 0 fully saturated rings. The first-order chi connectivity index (χ1) is 39.9. The normalized spacial score (nSPS) is 18.8. The fourth-order valence-electron chi connectivity index (χ4n) is 13.4. The zero-order valence-electron chi connectivity index (χ0n) is 45.3. The molecule has 0 N–H and O–H groups in total. The van der Waals surface area contributed by atoms with E-state index >= 15 is 0 Å². The van der Waals surface area contributed by atoms with Crippen molar-refractivity contribution >= 4 is 80.3 Å². The van der Waals surface area contributed by atoms with E-state index in [-0.39, 0.29) is 12.3 Å². The molecule has 5 aromatic heterocycles. The van der Waals surface area contributed by atoms with E-state index in [0.717, 1.165) is 77.5 Å². The summed E-state index contributed by atoms with van der Waals surface area (Å²) in [6, 6.07) is 49.2. The second-order valence-electron chi connectivity index (χ2n) is 21.5. The van der Waals surface area contributed by atoms with Gasteiger partial charge in [0.1, 0.15) is 78.5 Å². The number of para-hydroxylation sites is 5. The summed E-state index contributed by atoms with van der Waals surface area (Å²) in [6.07, 6.45) is 21.1. The van der Waals surface area contributed by atoms with E-state index in [9.17, 15) is 0 Å². The van der Waals surface area contributed by atoms with Gasteiger partial charge < -0.3 is 34.3 Å². The molecule has 18 rings (SSSR count). The first-order valence-electron chi connectivity index (χ1n) is 27.7. The maximum atomic E-state index is 4.59. The van der Waals surface area contributed by atoms with Crippen molar-refractivity contribution in [3.05, 3.63) is 224 Å². The number of hydrogen-bond donors (Lipinski definition) is 0. The van der Waals surface area contributed by atoms with Crippen molar-refractivity contribution in [3.63, 3.8) is 0 Å². The van der Waals surface area contributed by atoms with E-state index in [4.69, 9.17) is 0 Å². The average molecular weight is 1060 g/mol. The number of likely N-dealkylation sites (N-methyl/N-ethyl adjacent to an activating group) is 1. The minimum atomic E-state index is 0.180. The third kappa shape index (κ3) is 7.69. The van der Waals surface area contributed by atoms with Crippen molar-refractivity contribution in [1.29, 1.82) is 0 Å². The van der Waals surface area contributed by atoms with Crippen LogP contribution in [0.15, 0.2) is 196 Å².